The summed E-state index contributed by atoms with van der Waals surface area (Å²) in [5.41, 5.74) is 1.78. The highest BCUT2D eigenvalue weighted by atomic mass is 32.1. The molecular weight excluding hydrogens is 416 g/mol. The Morgan fingerprint density at radius 2 is 1.61 bits per heavy atom. The average molecular weight is 436 g/mol. The summed E-state index contributed by atoms with van der Waals surface area (Å²) >= 11 is 1.40. The summed E-state index contributed by atoms with van der Waals surface area (Å²) in [5, 5.41) is 38.5. The van der Waals surface area contributed by atoms with Gasteiger partial charge < -0.3 is 25.2 Å². The fraction of sp³-hybridized carbons (Fsp3) is 0.125. The van der Waals surface area contributed by atoms with Crippen molar-refractivity contribution in [1.82, 2.24) is 0 Å². The number of benzene rings is 3. The summed E-state index contributed by atoms with van der Waals surface area (Å²) in [5.74, 6) is 0.554. The molecule has 0 radical (unpaired) electrons. The second kappa shape index (κ2) is 8.77. The smallest absolute Gasteiger partial charge is 0.195 e. The van der Waals surface area contributed by atoms with Crippen LogP contribution in [0.4, 0.5) is 0 Å². The third-order valence-corrected chi connectivity index (χ3v) is 6.00. The number of carbonyl (C=O) groups is 1. The molecule has 1 unspecified atom stereocenters. The first-order valence-corrected chi connectivity index (χ1v) is 10.4. The summed E-state index contributed by atoms with van der Waals surface area (Å²) in [7, 11) is 0. The SMILES string of the molecule is O=C(c1ccc(OCC(O)CO)cc1)c1c(-c2ccc(O)cc2)sc2cc(O)ccc12. The standard InChI is InChI=1S/C24H20O6S/c25-12-18(28)13-30-19-8-3-14(4-9-19)23(29)22-20-10-7-17(27)11-21(20)31-24(22)15-1-5-16(26)6-2-15/h1-11,18,25-28H,12-13H2. The van der Waals surface area contributed by atoms with Crippen LogP contribution in [0.25, 0.3) is 20.5 Å². The first-order valence-electron chi connectivity index (χ1n) is 9.57. The monoisotopic (exact) mass is 436 g/mol. The molecule has 0 aliphatic heterocycles. The maximum Gasteiger partial charge on any atom is 0.195 e. The van der Waals surface area contributed by atoms with Crippen LogP contribution in [0.2, 0.25) is 0 Å². The van der Waals surface area contributed by atoms with E-state index in [4.69, 9.17) is 9.84 Å². The number of hydrogen-bond acceptors (Lipinski definition) is 7. The van der Waals surface area contributed by atoms with Gasteiger partial charge in [-0.05, 0) is 72.3 Å². The molecule has 1 heterocycles. The van der Waals surface area contributed by atoms with Gasteiger partial charge in [0.2, 0.25) is 0 Å². The molecule has 0 amide bonds. The minimum atomic E-state index is -0.970. The van der Waals surface area contributed by atoms with E-state index < -0.39 is 12.7 Å². The van der Waals surface area contributed by atoms with Crippen LogP contribution in [0, 0.1) is 0 Å². The van der Waals surface area contributed by atoms with Crippen LogP contribution in [0.1, 0.15) is 15.9 Å². The number of phenolic OH excluding ortho intramolecular Hbond substituents is 2. The van der Waals surface area contributed by atoms with Gasteiger partial charge in [0.25, 0.3) is 0 Å². The van der Waals surface area contributed by atoms with Crippen LogP contribution in [0.3, 0.4) is 0 Å². The van der Waals surface area contributed by atoms with Gasteiger partial charge in [0.05, 0.1) is 6.61 Å². The second-order valence-corrected chi connectivity index (χ2v) is 8.09. The second-order valence-electron chi connectivity index (χ2n) is 7.03. The lowest BCUT2D eigenvalue weighted by molar-refractivity contribution is 0.0536. The molecule has 31 heavy (non-hydrogen) atoms. The van der Waals surface area contributed by atoms with Crippen LogP contribution >= 0.6 is 11.3 Å². The maximum absolute atomic E-state index is 13.5. The number of rotatable bonds is 7. The van der Waals surface area contributed by atoms with Gasteiger partial charge in [0.1, 0.15) is 30.0 Å². The molecule has 4 rings (SSSR count). The Bertz CT molecular complexity index is 1210. The van der Waals surface area contributed by atoms with Crippen molar-refractivity contribution in [3.05, 3.63) is 77.9 Å². The zero-order chi connectivity index (χ0) is 22.0. The number of ether oxygens (including phenoxy) is 1. The molecule has 0 fully saturated rings. The van der Waals surface area contributed by atoms with E-state index in [2.05, 4.69) is 0 Å². The number of aromatic hydroxyl groups is 2. The van der Waals surface area contributed by atoms with Crippen LogP contribution in [0.15, 0.2) is 66.7 Å². The highest BCUT2D eigenvalue weighted by Crippen LogP contribution is 2.41. The van der Waals surface area contributed by atoms with Gasteiger partial charge in [-0.2, -0.15) is 0 Å². The molecule has 1 atom stereocenters. The van der Waals surface area contributed by atoms with Crippen LogP contribution in [-0.2, 0) is 0 Å². The lowest BCUT2D eigenvalue weighted by Gasteiger charge is -2.10. The molecule has 3 aromatic carbocycles. The van der Waals surface area contributed by atoms with Gasteiger partial charge in [-0.25, -0.2) is 0 Å². The summed E-state index contributed by atoms with van der Waals surface area (Å²) in [6, 6.07) is 18.1. The van der Waals surface area contributed by atoms with Crippen molar-refractivity contribution in [1.29, 1.82) is 0 Å². The molecule has 0 saturated carbocycles. The maximum atomic E-state index is 13.5. The first-order chi connectivity index (χ1) is 15.0. The highest BCUT2D eigenvalue weighted by Gasteiger charge is 2.22. The average Bonchev–Trinajstić information content (AvgIpc) is 3.16. The highest BCUT2D eigenvalue weighted by molar-refractivity contribution is 7.22. The summed E-state index contributed by atoms with van der Waals surface area (Å²) < 4.78 is 6.18. The molecule has 0 spiro atoms. The lowest BCUT2D eigenvalue weighted by atomic mass is 9.97. The van der Waals surface area contributed by atoms with Crippen LogP contribution in [-0.4, -0.2) is 45.5 Å². The van der Waals surface area contributed by atoms with Crippen molar-refractivity contribution in [2.75, 3.05) is 13.2 Å². The lowest BCUT2D eigenvalue weighted by Crippen LogP contribution is -2.21. The number of aliphatic hydroxyl groups is 2. The van der Waals surface area contributed by atoms with Gasteiger partial charge >= 0.3 is 0 Å². The Hall–Kier alpha value is -3.39. The van der Waals surface area contributed by atoms with Crippen LogP contribution < -0.4 is 4.74 Å². The van der Waals surface area contributed by atoms with Gasteiger partial charge in [0, 0.05) is 26.1 Å². The first kappa shape index (κ1) is 20.9. The number of fused-ring (bicyclic) bond motifs is 1. The van der Waals surface area contributed by atoms with E-state index in [1.54, 1.807) is 66.7 Å². The summed E-state index contributed by atoms with van der Waals surface area (Å²) in [6.45, 7) is -0.440. The van der Waals surface area contributed by atoms with Gasteiger partial charge in [0.15, 0.2) is 5.78 Å². The Labute approximate surface area is 182 Å². The van der Waals surface area contributed by atoms with Crippen molar-refractivity contribution in [2.24, 2.45) is 0 Å². The zero-order valence-corrected chi connectivity index (χ0v) is 17.2. The molecule has 4 aromatic rings. The molecule has 0 saturated heterocycles. The summed E-state index contributed by atoms with van der Waals surface area (Å²) in [6.07, 6.45) is -0.970. The Morgan fingerprint density at radius 3 is 2.29 bits per heavy atom. The Balaban J connectivity index is 1.73. The fourth-order valence-electron chi connectivity index (χ4n) is 3.22. The zero-order valence-electron chi connectivity index (χ0n) is 16.4. The molecule has 7 heteroatoms. The molecule has 6 nitrogen and oxygen atoms in total. The third-order valence-electron chi connectivity index (χ3n) is 4.80. The molecular formula is C24H20O6S. The van der Waals surface area contributed by atoms with E-state index in [0.717, 1.165) is 20.5 Å². The van der Waals surface area contributed by atoms with E-state index in [1.165, 1.54) is 11.3 Å². The molecule has 0 bridgehead atoms. The molecule has 0 aliphatic carbocycles. The number of phenols is 2. The Kier molecular flexibility index (Phi) is 5.90. The van der Waals surface area contributed by atoms with Gasteiger partial charge in [-0.1, -0.05) is 0 Å². The molecule has 158 valence electrons. The fourth-order valence-corrected chi connectivity index (χ4v) is 4.46. The van der Waals surface area contributed by atoms with Gasteiger partial charge in [-0.3, -0.25) is 4.79 Å². The van der Waals surface area contributed by atoms with Crippen LogP contribution in [0.5, 0.6) is 17.2 Å². The van der Waals surface area contributed by atoms with Crippen molar-refractivity contribution >= 4 is 27.2 Å². The van der Waals surface area contributed by atoms with Gasteiger partial charge in [-0.15, -0.1) is 11.3 Å². The predicted molar refractivity (Wildman–Crippen MR) is 119 cm³/mol. The quantitative estimate of drug-likeness (QED) is 0.327. The number of carbonyl (C=O) groups excluding carboxylic acids is 1. The third kappa shape index (κ3) is 4.39. The molecule has 1 aromatic heterocycles. The van der Waals surface area contributed by atoms with E-state index in [9.17, 15) is 20.1 Å². The van der Waals surface area contributed by atoms with E-state index in [0.29, 0.717) is 16.9 Å². The normalized spacial score (nSPS) is 12.1. The number of thiophene rings is 1. The van der Waals surface area contributed by atoms with E-state index in [1.807, 2.05) is 0 Å². The minimum absolute atomic E-state index is 0.0482. The molecule has 4 N–H and O–H groups in total. The van der Waals surface area contributed by atoms with Crippen molar-refractivity contribution in [3.8, 4) is 27.7 Å². The Morgan fingerprint density at radius 1 is 0.935 bits per heavy atom. The number of aliphatic hydroxyl groups excluding tert-OH is 2. The number of hydrogen-bond donors (Lipinski definition) is 4. The molecule has 0 aliphatic rings. The predicted octanol–water partition coefficient (Wildman–Crippen LogP) is 3.94. The largest absolute Gasteiger partial charge is 0.508 e. The minimum Gasteiger partial charge on any atom is -0.508 e. The van der Waals surface area contributed by atoms with Crippen molar-refractivity contribution in [3.63, 3.8) is 0 Å². The van der Waals surface area contributed by atoms with E-state index >= 15 is 0 Å². The van der Waals surface area contributed by atoms with Crippen molar-refractivity contribution < 1.29 is 30.0 Å². The van der Waals surface area contributed by atoms with Crippen molar-refractivity contribution in [2.45, 2.75) is 6.10 Å². The summed E-state index contributed by atoms with van der Waals surface area (Å²) in [4.78, 5) is 14.2. The topological polar surface area (TPSA) is 107 Å². The van der Waals surface area contributed by atoms with E-state index in [-0.39, 0.29) is 23.9 Å². The number of ketones is 1.